The number of guanidine groups is 1. The summed E-state index contributed by atoms with van der Waals surface area (Å²) in [5.74, 6) is 3.19. The molecule has 1 aliphatic heterocycles. The molecule has 0 saturated carbocycles. The van der Waals surface area contributed by atoms with Crippen molar-refractivity contribution in [2.75, 3.05) is 26.7 Å². The lowest BCUT2D eigenvalue weighted by Gasteiger charge is -2.34. The van der Waals surface area contributed by atoms with E-state index in [-0.39, 0.29) is 5.91 Å². The maximum Gasteiger partial charge on any atom is 0.220 e. The third-order valence-corrected chi connectivity index (χ3v) is 5.32. The van der Waals surface area contributed by atoms with Crippen LogP contribution in [0.3, 0.4) is 0 Å². The van der Waals surface area contributed by atoms with Gasteiger partial charge in [0, 0.05) is 33.1 Å². The van der Waals surface area contributed by atoms with Crippen LogP contribution in [-0.2, 0) is 11.3 Å². The average molecular weight is 409 g/mol. The fraction of sp³-hybridized carbons (Fsp3) is 0.417. The number of benzene rings is 2. The number of piperidine rings is 1. The molecule has 3 rings (SSSR count). The molecule has 1 saturated heterocycles. The summed E-state index contributed by atoms with van der Waals surface area (Å²) in [5.41, 5.74) is 1.14. The third kappa shape index (κ3) is 6.51. The highest BCUT2D eigenvalue weighted by Crippen LogP contribution is 2.22. The van der Waals surface area contributed by atoms with Crippen LogP contribution in [0, 0.1) is 5.92 Å². The standard InChI is InChI=1S/C24H32N4O2/c1-3-26-24(28-15-13-19(14-16-28)17-23(29)25-2)27-18-20-9-11-22(12-10-20)30-21-7-5-4-6-8-21/h4-12,19H,3,13-18H2,1-2H3,(H,25,29)(H,26,27). The summed E-state index contributed by atoms with van der Waals surface area (Å²) >= 11 is 0. The number of para-hydroxylation sites is 1. The number of rotatable bonds is 7. The molecular weight excluding hydrogens is 376 g/mol. The normalized spacial score (nSPS) is 15.0. The predicted octanol–water partition coefficient (Wildman–Crippen LogP) is 3.79. The van der Waals surface area contributed by atoms with Gasteiger partial charge in [0.1, 0.15) is 11.5 Å². The Bertz CT molecular complexity index is 813. The second kappa shape index (κ2) is 11.2. The number of nitrogens with zero attached hydrogens (tertiary/aromatic N) is 2. The Balaban J connectivity index is 1.55. The first-order chi connectivity index (χ1) is 14.7. The summed E-state index contributed by atoms with van der Waals surface area (Å²) in [7, 11) is 1.70. The van der Waals surface area contributed by atoms with Gasteiger partial charge in [0.25, 0.3) is 0 Å². The van der Waals surface area contributed by atoms with Gasteiger partial charge in [-0.2, -0.15) is 0 Å². The first-order valence-corrected chi connectivity index (χ1v) is 10.7. The fourth-order valence-electron chi connectivity index (χ4n) is 3.59. The van der Waals surface area contributed by atoms with Crippen LogP contribution in [0.1, 0.15) is 31.7 Å². The quantitative estimate of drug-likeness (QED) is 0.540. The van der Waals surface area contributed by atoms with Gasteiger partial charge in [0.2, 0.25) is 5.91 Å². The summed E-state index contributed by atoms with van der Waals surface area (Å²) in [6, 6.07) is 17.9. The van der Waals surface area contributed by atoms with E-state index in [2.05, 4.69) is 34.6 Å². The molecule has 2 aromatic carbocycles. The average Bonchev–Trinajstić information content (AvgIpc) is 2.79. The number of carbonyl (C=O) groups excluding carboxylic acids is 1. The van der Waals surface area contributed by atoms with Gasteiger partial charge >= 0.3 is 0 Å². The summed E-state index contributed by atoms with van der Waals surface area (Å²) in [6.07, 6.45) is 2.65. The van der Waals surface area contributed by atoms with E-state index in [1.807, 2.05) is 42.5 Å². The molecule has 0 aliphatic carbocycles. The van der Waals surface area contributed by atoms with E-state index in [0.717, 1.165) is 55.5 Å². The van der Waals surface area contributed by atoms with Gasteiger partial charge in [-0.3, -0.25) is 4.79 Å². The highest BCUT2D eigenvalue weighted by Gasteiger charge is 2.23. The monoisotopic (exact) mass is 408 g/mol. The molecule has 0 spiro atoms. The lowest BCUT2D eigenvalue weighted by molar-refractivity contribution is -0.121. The van der Waals surface area contributed by atoms with Crippen LogP contribution in [0.15, 0.2) is 59.6 Å². The minimum absolute atomic E-state index is 0.133. The van der Waals surface area contributed by atoms with E-state index in [4.69, 9.17) is 9.73 Å². The summed E-state index contributed by atoms with van der Waals surface area (Å²) < 4.78 is 5.85. The van der Waals surface area contributed by atoms with E-state index >= 15 is 0 Å². The minimum Gasteiger partial charge on any atom is -0.457 e. The zero-order valence-electron chi connectivity index (χ0n) is 17.9. The Morgan fingerprint density at radius 2 is 1.73 bits per heavy atom. The van der Waals surface area contributed by atoms with Crippen molar-refractivity contribution in [3.05, 3.63) is 60.2 Å². The molecule has 1 amide bonds. The van der Waals surface area contributed by atoms with E-state index < -0.39 is 0 Å². The Morgan fingerprint density at radius 1 is 1.07 bits per heavy atom. The Morgan fingerprint density at radius 3 is 2.37 bits per heavy atom. The number of hydrogen-bond donors (Lipinski definition) is 2. The van der Waals surface area contributed by atoms with E-state index in [0.29, 0.717) is 18.9 Å². The topological polar surface area (TPSA) is 66.0 Å². The zero-order valence-corrected chi connectivity index (χ0v) is 17.9. The molecule has 0 unspecified atom stereocenters. The molecule has 2 N–H and O–H groups in total. The molecule has 1 aliphatic rings. The van der Waals surface area contributed by atoms with Crippen LogP contribution < -0.4 is 15.4 Å². The molecule has 0 radical (unpaired) electrons. The van der Waals surface area contributed by atoms with Crippen molar-refractivity contribution < 1.29 is 9.53 Å². The maximum absolute atomic E-state index is 11.6. The van der Waals surface area contributed by atoms with Gasteiger partial charge < -0.3 is 20.3 Å². The number of ether oxygens (including phenoxy) is 1. The lowest BCUT2D eigenvalue weighted by Crippen LogP contribution is -2.46. The number of hydrogen-bond acceptors (Lipinski definition) is 3. The smallest absolute Gasteiger partial charge is 0.220 e. The molecular formula is C24H32N4O2. The Hall–Kier alpha value is -3.02. The molecule has 0 aromatic heterocycles. The summed E-state index contributed by atoms with van der Waals surface area (Å²) in [5, 5.41) is 6.13. The van der Waals surface area contributed by atoms with Crippen LogP contribution in [0.25, 0.3) is 0 Å². The van der Waals surface area contributed by atoms with Crippen LogP contribution in [0.5, 0.6) is 11.5 Å². The summed E-state index contributed by atoms with van der Waals surface area (Å²) in [4.78, 5) is 18.8. The first kappa shape index (κ1) is 21.7. The molecule has 30 heavy (non-hydrogen) atoms. The molecule has 1 heterocycles. The predicted molar refractivity (Wildman–Crippen MR) is 121 cm³/mol. The van der Waals surface area contributed by atoms with Crippen LogP contribution in [0.4, 0.5) is 0 Å². The van der Waals surface area contributed by atoms with E-state index in [9.17, 15) is 4.79 Å². The van der Waals surface area contributed by atoms with Gasteiger partial charge in [-0.05, 0) is 55.5 Å². The minimum atomic E-state index is 0.133. The van der Waals surface area contributed by atoms with E-state index in [1.165, 1.54) is 0 Å². The summed E-state index contributed by atoms with van der Waals surface area (Å²) in [6.45, 7) is 5.39. The zero-order chi connectivity index (χ0) is 21.2. The van der Waals surface area contributed by atoms with E-state index in [1.54, 1.807) is 7.05 Å². The van der Waals surface area contributed by atoms with Gasteiger partial charge in [-0.25, -0.2) is 4.99 Å². The number of aliphatic imine (C=N–C) groups is 1. The highest BCUT2D eigenvalue weighted by atomic mass is 16.5. The highest BCUT2D eigenvalue weighted by molar-refractivity contribution is 5.80. The molecule has 6 heteroatoms. The van der Waals surface area contributed by atoms with Crippen molar-refractivity contribution >= 4 is 11.9 Å². The molecule has 160 valence electrons. The van der Waals surface area contributed by atoms with Crippen LogP contribution in [0.2, 0.25) is 0 Å². The lowest BCUT2D eigenvalue weighted by atomic mass is 9.93. The number of amides is 1. The van der Waals surface area contributed by atoms with Crippen molar-refractivity contribution in [1.29, 1.82) is 0 Å². The number of carbonyl (C=O) groups is 1. The van der Waals surface area contributed by atoms with Gasteiger partial charge in [-0.15, -0.1) is 0 Å². The first-order valence-electron chi connectivity index (χ1n) is 10.7. The largest absolute Gasteiger partial charge is 0.457 e. The molecule has 1 fully saturated rings. The molecule has 0 bridgehead atoms. The second-order valence-corrected chi connectivity index (χ2v) is 7.54. The number of likely N-dealkylation sites (tertiary alicyclic amines) is 1. The number of nitrogens with one attached hydrogen (secondary N) is 2. The second-order valence-electron chi connectivity index (χ2n) is 7.54. The van der Waals surface area contributed by atoms with Gasteiger partial charge in [0.05, 0.1) is 6.54 Å². The third-order valence-electron chi connectivity index (χ3n) is 5.32. The molecule has 0 atom stereocenters. The van der Waals surface area contributed by atoms with Crippen molar-refractivity contribution in [2.45, 2.75) is 32.7 Å². The Kier molecular flexibility index (Phi) is 8.12. The van der Waals surface area contributed by atoms with Crippen LogP contribution in [-0.4, -0.2) is 43.4 Å². The van der Waals surface area contributed by atoms with Crippen molar-refractivity contribution in [3.8, 4) is 11.5 Å². The maximum atomic E-state index is 11.6. The van der Waals surface area contributed by atoms with Crippen molar-refractivity contribution in [2.24, 2.45) is 10.9 Å². The SMILES string of the molecule is CCNC(=NCc1ccc(Oc2ccccc2)cc1)N1CCC(CC(=O)NC)CC1. The molecule has 6 nitrogen and oxygen atoms in total. The van der Waals surface area contributed by atoms with Gasteiger partial charge in [0.15, 0.2) is 5.96 Å². The van der Waals surface area contributed by atoms with Crippen LogP contribution >= 0.6 is 0 Å². The molecule has 2 aromatic rings. The van der Waals surface area contributed by atoms with Crippen molar-refractivity contribution in [1.82, 2.24) is 15.5 Å². The Labute approximate surface area is 179 Å². The van der Waals surface area contributed by atoms with Gasteiger partial charge in [-0.1, -0.05) is 30.3 Å². The fourth-order valence-corrected chi connectivity index (χ4v) is 3.59. The van der Waals surface area contributed by atoms with Crippen molar-refractivity contribution in [3.63, 3.8) is 0 Å².